The Kier molecular flexibility index (Phi) is 4.80. The highest BCUT2D eigenvalue weighted by atomic mass is 35.5. The van der Waals surface area contributed by atoms with E-state index in [4.69, 9.17) is 16.9 Å². The van der Waals surface area contributed by atoms with Crippen LogP contribution in [0.1, 0.15) is 22.3 Å². The first-order valence-electron chi connectivity index (χ1n) is 7.71. The van der Waals surface area contributed by atoms with Crippen LogP contribution < -0.4 is 0 Å². The molecule has 0 aromatic heterocycles. The smallest absolute Gasteiger partial charge is 0.253 e. The number of rotatable bonds is 3. The van der Waals surface area contributed by atoms with Gasteiger partial charge in [-0.15, -0.1) is 0 Å². The number of hydrogen-bond donors (Lipinski definition) is 0. The summed E-state index contributed by atoms with van der Waals surface area (Å²) >= 11 is 5.81. The number of halogens is 1. The summed E-state index contributed by atoms with van der Waals surface area (Å²) in [6.45, 7) is 0.508. The molecule has 1 unspecified atom stereocenters. The van der Waals surface area contributed by atoms with Crippen LogP contribution in [0.4, 0.5) is 0 Å². The molecule has 2 aromatic carbocycles. The van der Waals surface area contributed by atoms with Gasteiger partial charge in [-0.2, -0.15) is 5.26 Å². The number of nitriles is 1. The van der Waals surface area contributed by atoms with Crippen LogP contribution in [0.5, 0.6) is 0 Å². The van der Waals surface area contributed by atoms with Crippen molar-refractivity contribution in [1.82, 2.24) is 4.90 Å². The molecular formula is C18H15ClN2O3S. The highest BCUT2D eigenvalue weighted by Crippen LogP contribution is 2.26. The van der Waals surface area contributed by atoms with Gasteiger partial charge in [0.25, 0.3) is 5.91 Å². The van der Waals surface area contributed by atoms with E-state index in [2.05, 4.69) is 0 Å². The number of amides is 1. The fourth-order valence-electron chi connectivity index (χ4n) is 2.89. The second-order valence-corrected chi connectivity index (χ2v) is 8.52. The molecule has 1 fully saturated rings. The molecular weight excluding hydrogens is 360 g/mol. The number of sulfone groups is 1. The van der Waals surface area contributed by atoms with E-state index in [1.807, 2.05) is 6.07 Å². The Morgan fingerprint density at radius 1 is 1.20 bits per heavy atom. The van der Waals surface area contributed by atoms with Crippen molar-refractivity contribution in [3.8, 4) is 6.07 Å². The average Bonchev–Trinajstić information content (AvgIpc) is 3.12. The van der Waals surface area contributed by atoms with Gasteiger partial charge in [0.1, 0.15) is 0 Å². The molecule has 5 nitrogen and oxygen atoms in total. The van der Waals surface area contributed by atoms with E-state index in [1.165, 1.54) is 23.1 Å². The first kappa shape index (κ1) is 17.5. The summed E-state index contributed by atoms with van der Waals surface area (Å²) in [5, 5.41) is 8.77. The van der Waals surface area contributed by atoms with Crippen molar-refractivity contribution in [1.29, 1.82) is 5.26 Å². The summed E-state index contributed by atoms with van der Waals surface area (Å²) in [5.74, 6) is -0.258. The zero-order chi connectivity index (χ0) is 18.0. The van der Waals surface area contributed by atoms with Crippen molar-refractivity contribution >= 4 is 27.3 Å². The fraction of sp³-hybridized carbons (Fsp3) is 0.222. The van der Waals surface area contributed by atoms with Gasteiger partial charge >= 0.3 is 0 Å². The summed E-state index contributed by atoms with van der Waals surface area (Å²) in [7, 11) is -3.52. The molecule has 1 heterocycles. The monoisotopic (exact) mass is 374 g/mol. The minimum absolute atomic E-state index is 0.139. The minimum atomic E-state index is -3.52. The molecule has 1 amide bonds. The van der Waals surface area contributed by atoms with Gasteiger partial charge in [-0.3, -0.25) is 4.79 Å². The minimum Gasteiger partial charge on any atom is -0.337 e. The van der Waals surface area contributed by atoms with Crippen molar-refractivity contribution in [3.05, 3.63) is 64.7 Å². The molecule has 0 N–H and O–H groups in total. The van der Waals surface area contributed by atoms with Crippen LogP contribution in [-0.2, 0) is 9.84 Å². The van der Waals surface area contributed by atoms with Crippen LogP contribution in [0.2, 0.25) is 5.02 Å². The third-order valence-corrected chi connectivity index (χ3v) is 6.70. The van der Waals surface area contributed by atoms with Crippen molar-refractivity contribution in [2.75, 3.05) is 13.1 Å². The van der Waals surface area contributed by atoms with E-state index in [0.717, 1.165) is 0 Å². The van der Waals surface area contributed by atoms with Crippen molar-refractivity contribution in [3.63, 3.8) is 0 Å². The van der Waals surface area contributed by atoms with E-state index in [0.29, 0.717) is 29.1 Å². The molecule has 1 saturated heterocycles. The lowest BCUT2D eigenvalue weighted by Gasteiger charge is -2.17. The molecule has 3 rings (SSSR count). The lowest BCUT2D eigenvalue weighted by molar-refractivity contribution is 0.0793. The van der Waals surface area contributed by atoms with Gasteiger partial charge in [0, 0.05) is 23.7 Å². The third kappa shape index (κ3) is 3.53. The molecule has 0 radical (unpaired) electrons. The molecule has 0 aliphatic carbocycles. The zero-order valence-corrected chi connectivity index (χ0v) is 14.8. The van der Waals surface area contributed by atoms with Crippen LogP contribution in [0.3, 0.4) is 0 Å². The van der Waals surface area contributed by atoms with Crippen molar-refractivity contribution in [2.24, 2.45) is 0 Å². The lowest BCUT2D eigenvalue weighted by atomic mass is 10.1. The van der Waals surface area contributed by atoms with Gasteiger partial charge < -0.3 is 4.90 Å². The number of benzene rings is 2. The molecule has 1 atom stereocenters. The van der Waals surface area contributed by atoms with Crippen LogP contribution in [0.15, 0.2) is 53.4 Å². The van der Waals surface area contributed by atoms with Gasteiger partial charge in [0.15, 0.2) is 9.84 Å². The summed E-state index contributed by atoms with van der Waals surface area (Å²) < 4.78 is 25.5. The van der Waals surface area contributed by atoms with E-state index < -0.39 is 15.1 Å². The number of carbonyl (C=O) groups is 1. The molecule has 7 heteroatoms. The summed E-state index contributed by atoms with van der Waals surface area (Å²) in [6.07, 6.45) is 0.384. The second kappa shape index (κ2) is 6.87. The van der Waals surface area contributed by atoms with Crippen molar-refractivity contribution < 1.29 is 13.2 Å². The Bertz CT molecular complexity index is 949. The Hall–Kier alpha value is -2.36. The highest BCUT2D eigenvalue weighted by molar-refractivity contribution is 7.92. The Labute approximate surface area is 151 Å². The maximum Gasteiger partial charge on any atom is 0.253 e. The number of likely N-dealkylation sites (tertiary alicyclic amines) is 1. The van der Waals surface area contributed by atoms with E-state index in [-0.39, 0.29) is 17.3 Å². The van der Waals surface area contributed by atoms with Crippen molar-refractivity contribution in [2.45, 2.75) is 16.6 Å². The molecule has 1 aliphatic rings. The molecule has 2 aromatic rings. The normalized spacial score (nSPS) is 17.3. The predicted octanol–water partition coefficient (Wildman–Crippen LogP) is 2.90. The lowest BCUT2D eigenvalue weighted by Crippen LogP contribution is -2.32. The highest BCUT2D eigenvalue weighted by Gasteiger charge is 2.36. The van der Waals surface area contributed by atoms with Gasteiger partial charge in [-0.1, -0.05) is 17.7 Å². The van der Waals surface area contributed by atoms with Crippen LogP contribution in [-0.4, -0.2) is 37.6 Å². The van der Waals surface area contributed by atoms with Gasteiger partial charge in [-0.25, -0.2) is 8.42 Å². The van der Waals surface area contributed by atoms with Crippen LogP contribution >= 0.6 is 11.6 Å². The number of hydrogen-bond acceptors (Lipinski definition) is 4. The summed E-state index contributed by atoms with van der Waals surface area (Å²) in [5.41, 5.74) is 0.791. The quantitative estimate of drug-likeness (QED) is 0.827. The van der Waals surface area contributed by atoms with Gasteiger partial charge in [0.2, 0.25) is 0 Å². The standard InChI is InChI=1S/C18H15ClN2O3S/c19-15-4-6-16(7-5-15)25(23,24)17-8-9-21(12-17)18(22)14-3-1-2-13(10-14)11-20/h1-7,10,17H,8-9,12H2. The first-order valence-corrected chi connectivity index (χ1v) is 9.63. The summed E-state index contributed by atoms with van der Waals surface area (Å²) in [4.78, 5) is 14.3. The Morgan fingerprint density at radius 3 is 2.60 bits per heavy atom. The number of carbonyl (C=O) groups excluding carboxylic acids is 1. The molecule has 0 bridgehead atoms. The van der Waals surface area contributed by atoms with E-state index >= 15 is 0 Å². The number of nitrogens with zero attached hydrogens (tertiary/aromatic N) is 2. The zero-order valence-electron chi connectivity index (χ0n) is 13.2. The molecule has 1 aliphatic heterocycles. The molecule has 0 spiro atoms. The largest absolute Gasteiger partial charge is 0.337 e. The van der Waals surface area contributed by atoms with Crippen LogP contribution in [0, 0.1) is 11.3 Å². The van der Waals surface area contributed by atoms with Gasteiger partial charge in [-0.05, 0) is 48.9 Å². The van der Waals surface area contributed by atoms with E-state index in [9.17, 15) is 13.2 Å². The fourth-order valence-corrected chi connectivity index (χ4v) is 4.71. The SMILES string of the molecule is N#Cc1cccc(C(=O)N2CCC(S(=O)(=O)c3ccc(Cl)cc3)C2)c1. The Morgan fingerprint density at radius 2 is 1.92 bits per heavy atom. The first-order chi connectivity index (χ1) is 11.9. The topological polar surface area (TPSA) is 78.2 Å². The maximum atomic E-state index is 12.7. The molecule has 128 valence electrons. The predicted molar refractivity (Wildman–Crippen MR) is 94.1 cm³/mol. The van der Waals surface area contributed by atoms with E-state index in [1.54, 1.807) is 30.3 Å². The third-order valence-electron chi connectivity index (χ3n) is 4.25. The van der Waals surface area contributed by atoms with Crippen LogP contribution in [0.25, 0.3) is 0 Å². The molecule has 0 saturated carbocycles. The Balaban J connectivity index is 1.78. The summed E-state index contributed by atoms with van der Waals surface area (Å²) in [6, 6.07) is 14.5. The second-order valence-electron chi connectivity index (χ2n) is 5.85. The average molecular weight is 375 g/mol. The maximum absolute atomic E-state index is 12.7. The molecule has 25 heavy (non-hydrogen) atoms. The van der Waals surface area contributed by atoms with Gasteiger partial charge in [0.05, 0.1) is 21.8 Å².